The van der Waals surface area contributed by atoms with Gasteiger partial charge in [0.05, 0.1) is 27.9 Å². The minimum Gasteiger partial charge on any atom is -0.493 e. The molecule has 1 heterocycles. The molecule has 1 aromatic rings. The molecule has 0 saturated carbocycles. The van der Waals surface area contributed by atoms with Crippen LogP contribution in [-0.4, -0.2) is 51.1 Å². The van der Waals surface area contributed by atoms with E-state index in [1.54, 1.807) is 21.3 Å². The maximum absolute atomic E-state index is 5.47. The second-order valence-corrected chi connectivity index (χ2v) is 4.41. The van der Waals surface area contributed by atoms with Crippen molar-refractivity contribution < 1.29 is 18.9 Å². The largest absolute Gasteiger partial charge is 0.493 e. The number of thiocarbonyl (C=S) groups is 1. The fourth-order valence-corrected chi connectivity index (χ4v) is 2.22. The maximum Gasteiger partial charge on any atom is 0.203 e. The number of nitrogens with zero attached hydrogens (tertiary/aromatic N) is 1. The van der Waals surface area contributed by atoms with Crippen molar-refractivity contribution >= 4 is 17.2 Å². The Morgan fingerprint density at radius 1 is 1.16 bits per heavy atom. The first kappa shape index (κ1) is 13.9. The highest BCUT2D eigenvalue weighted by atomic mass is 32.1. The first-order valence-corrected chi connectivity index (χ1v) is 6.29. The van der Waals surface area contributed by atoms with E-state index in [1.807, 2.05) is 17.0 Å². The molecule has 6 heteroatoms. The van der Waals surface area contributed by atoms with Gasteiger partial charge in [-0.2, -0.15) is 0 Å². The number of benzene rings is 1. The summed E-state index contributed by atoms with van der Waals surface area (Å²) in [6, 6.07) is 3.70. The lowest BCUT2D eigenvalue weighted by Gasteiger charge is -2.19. The smallest absolute Gasteiger partial charge is 0.203 e. The quantitative estimate of drug-likeness (QED) is 0.783. The first-order chi connectivity index (χ1) is 9.21. The van der Waals surface area contributed by atoms with Gasteiger partial charge in [-0.1, -0.05) is 12.2 Å². The van der Waals surface area contributed by atoms with E-state index in [-0.39, 0.29) is 0 Å². The highest BCUT2D eigenvalue weighted by Gasteiger charge is 2.20. The van der Waals surface area contributed by atoms with Gasteiger partial charge in [-0.25, -0.2) is 0 Å². The molecule has 2 rings (SSSR count). The predicted molar refractivity (Wildman–Crippen MR) is 75.3 cm³/mol. The maximum atomic E-state index is 5.47. The molecule has 0 aromatic heterocycles. The zero-order valence-corrected chi connectivity index (χ0v) is 12.1. The Balaban J connectivity index is 2.37. The summed E-state index contributed by atoms with van der Waals surface area (Å²) in [4.78, 5) is 2.72. The van der Waals surface area contributed by atoms with Gasteiger partial charge in [0.25, 0.3) is 0 Å². The normalized spacial score (nSPS) is 14.4. The Hall–Kier alpha value is -1.53. The number of hydrogen-bond acceptors (Lipinski definition) is 5. The van der Waals surface area contributed by atoms with Gasteiger partial charge < -0.3 is 23.8 Å². The van der Waals surface area contributed by atoms with Gasteiger partial charge in [-0.05, 0) is 12.1 Å². The summed E-state index contributed by atoms with van der Waals surface area (Å²) in [5.74, 6) is 1.76. The van der Waals surface area contributed by atoms with Crippen LogP contribution in [0.2, 0.25) is 0 Å². The van der Waals surface area contributed by atoms with Gasteiger partial charge in [0, 0.05) is 12.1 Å². The summed E-state index contributed by atoms with van der Waals surface area (Å²) in [5, 5.41) is 0. The van der Waals surface area contributed by atoms with Gasteiger partial charge in [0.15, 0.2) is 11.5 Å². The van der Waals surface area contributed by atoms with Crippen molar-refractivity contribution in [2.75, 3.05) is 41.2 Å². The van der Waals surface area contributed by atoms with Crippen LogP contribution in [-0.2, 0) is 4.74 Å². The second kappa shape index (κ2) is 6.08. The topological polar surface area (TPSA) is 40.2 Å². The molecule has 0 aliphatic carbocycles. The van der Waals surface area contributed by atoms with Crippen LogP contribution >= 0.6 is 12.2 Å². The predicted octanol–water partition coefficient (Wildman–Crippen LogP) is 1.68. The highest BCUT2D eigenvalue weighted by molar-refractivity contribution is 7.80. The van der Waals surface area contributed by atoms with E-state index in [9.17, 15) is 0 Å². The van der Waals surface area contributed by atoms with Crippen LogP contribution in [0.1, 0.15) is 5.56 Å². The highest BCUT2D eigenvalue weighted by Crippen LogP contribution is 2.38. The number of hydrogen-bond donors (Lipinski definition) is 0. The zero-order chi connectivity index (χ0) is 13.8. The van der Waals surface area contributed by atoms with E-state index < -0.39 is 0 Å². The first-order valence-electron chi connectivity index (χ1n) is 5.88. The fourth-order valence-electron chi connectivity index (χ4n) is 1.96. The van der Waals surface area contributed by atoms with E-state index in [0.717, 1.165) is 17.1 Å². The lowest BCUT2D eigenvalue weighted by molar-refractivity contribution is 0.170. The summed E-state index contributed by atoms with van der Waals surface area (Å²) >= 11 is 5.47. The minimum atomic E-state index is 0.523. The third-order valence-electron chi connectivity index (χ3n) is 2.95. The molecule has 1 fully saturated rings. The molecule has 0 spiro atoms. The number of ether oxygens (including phenoxy) is 4. The van der Waals surface area contributed by atoms with Crippen molar-refractivity contribution in [2.45, 2.75) is 0 Å². The van der Waals surface area contributed by atoms with Crippen molar-refractivity contribution in [1.29, 1.82) is 0 Å². The van der Waals surface area contributed by atoms with E-state index in [1.165, 1.54) is 0 Å². The summed E-state index contributed by atoms with van der Waals surface area (Å²) < 4.78 is 21.2. The van der Waals surface area contributed by atoms with E-state index >= 15 is 0 Å². The van der Waals surface area contributed by atoms with Crippen LogP contribution in [0.3, 0.4) is 0 Å². The minimum absolute atomic E-state index is 0.523. The molecule has 0 radical (unpaired) electrons. The standard InChI is InChI=1S/C13H17NO4S/c1-15-10-6-9(7-11(16-2)12(10)17-3)13(19)14-4-5-18-8-14/h6-7H,4-5,8H2,1-3H3. The molecule has 1 saturated heterocycles. The molecule has 19 heavy (non-hydrogen) atoms. The van der Waals surface area contributed by atoms with Crippen LogP contribution < -0.4 is 14.2 Å². The summed E-state index contributed by atoms with van der Waals surface area (Å²) in [5.41, 5.74) is 0.856. The Morgan fingerprint density at radius 3 is 2.21 bits per heavy atom. The number of rotatable bonds is 4. The van der Waals surface area contributed by atoms with Crippen molar-refractivity contribution in [1.82, 2.24) is 4.90 Å². The average Bonchev–Trinajstić information content (AvgIpc) is 2.98. The van der Waals surface area contributed by atoms with Crippen LogP contribution in [0, 0.1) is 0 Å². The molecule has 0 N–H and O–H groups in total. The van der Waals surface area contributed by atoms with Gasteiger partial charge in [-0.3, -0.25) is 0 Å². The van der Waals surface area contributed by atoms with Crippen molar-refractivity contribution in [3.63, 3.8) is 0 Å². The van der Waals surface area contributed by atoms with Crippen molar-refractivity contribution in [3.8, 4) is 17.2 Å². The molecule has 1 aliphatic heterocycles. The molecule has 5 nitrogen and oxygen atoms in total. The second-order valence-electron chi connectivity index (χ2n) is 4.02. The molecule has 1 aromatic carbocycles. The molecule has 104 valence electrons. The summed E-state index contributed by atoms with van der Waals surface area (Å²) in [6.07, 6.45) is 0. The van der Waals surface area contributed by atoms with Gasteiger partial charge in [0.2, 0.25) is 5.75 Å². The molecule has 0 atom stereocenters. The Kier molecular flexibility index (Phi) is 4.44. The van der Waals surface area contributed by atoms with Crippen molar-refractivity contribution in [3.05, 3.63) is 17.7 Å². The van der Waals surface area contributed by atoms with Gasteiger partial charge >= 0.3 is 0 Å². The zero-order valence-electron chi connectivity index (χ0n) is 11.3. The Bertz CT molecular complexity index is 447. The number of methoxy groups -OCH3 is 3. The van der Waals surface area contributed by atoms with Crippen LogP contribution in [0.15, 0.2) is 12.1 Å². The van der Waals surface area contributed by atoms with Crippen LogP contribution in [0.4, 0.5) is 0 Å². The fraction of sp³-hybridized carbons (Fsp3) is 0.462. The lowest BCUT2D eigenvalue weighted by atomic mass is 10.1. The third-order valence-corrected chi connectivity index (χ3v) is 3.45. The Morgan fingerprint density at radius 2 is 1.79 bits per heavy atom. The van der Waals surface area contributed by atoms with Gasteiger partial charge in [0.1, 0.15) is 11.7 Å². The third kappa shape index (κ3) is 2.74. The van der Waals surface area contributed by atoms with Crippen LogP contribution in [0.25, 0.3) is 0 Å². The average molecular weight is 283 g/mol. The van der Waals surface area contributed by atoms with Gasteiger partial charge in [-0.15, -0.1) is 0 Å². The van der Waals surface area contributed by atoms with Crippen LogP contribution in [0.5, 0.6) is 17.2 Å². The van der Waals surface area contributed by atoms with E-state index in [2.05, 4.69) is 0 Å². The molecule has 1 aliphatic rings. The molecular weight excluding hydrogens is 266 g/mol. The monoisotopic (exact) mass is 283 g/mol. The molecular formula is C13H17NO4S. The van der Waals surface area contributed by atoms with Crippen molar-refractivity contribution in [2.24, 2.45) is 0 Å². The Labute approximate surface area is 118 Å². The SMILES string of the molecule is COc1cc(C(=S)N2CCOC2)cc(OC)c1OC. The molecule has 0 amide bonds. The van der Waals surface area contributed by atoms with E-state index in [4.69, 9.17) is 31.2 Å². The van der Waals surface area contributed by atoms with E-state index in [0.29, 0.717) is 30.6 Å². The molecule has 0 bridgehead atoms. The summed E-state index contributed by atoms with van der Waals surface area (Å²) in [6.45, 7) is 2.02. The summed E-state index contributed by atoms with van der Waals surface area (Å²) in [7, 11) is 4.75. The molecule has 0 unspecified atom stereocenters. The lowest BCUT2D eigenvalue weighted by Crippen LogP contribution is -2.27.